The summed E-state index contributed by atoms with van der Waals surface area (Å²) < 4.78 is 0. The van der Waals surface area contributed by atoms with Crippen molar-refractivity contribution in [3.8, 4) is 0 Å². The van der Waals surface area contributed by atoms with Crippen LogP contribution in [0.15, 0.2) is 24.3 Å². The van der Waals surface area contributed by atoms with Gasteiger partial charge in [-0.1, -0.05) is 12.1 Å². The normalized spacial score (nSPS) is 15.9. The lowest BCUT2D eigenvalue weighted by Crippen LogP contribution is -2.47. The number of para-hydroxylation sites is 1. The van der Waals surface area contributed by atoms with Crippen LogP contribution in [0.3, 0.4) is 0 Å². The van der Waals surface area contributed by atoms with E-state index in [9.17, 15) is 0 Å². The lowest BCUT2D eigenvalue weighted by atomic mass is 10.2. The van der Waals surface area contributed by atoms with Crippen LogP contribution < -0.4 is 5.32 Å². The number of thioether (sulfide) groups is 1. The molecule has 1 aliphatic rings. The molecule has 30 heavy (non-hydrogen) atoms. The van der Waals surface area contributed by atoms with Gasteiger partial charge in [-0.3, -0.25) is 0 Å². The fourth-order valence-electron chi connectivity index (χ4n) is 3.90. The molecule has 2 heterocycles. The molecule has 7 heteroatoms. The summed E-state index contributed by atoms with van der Waals surface area (Å²) in [5.41, 5.74) is 1.04. The topological polar surface area (TPSA) is 47.5 Å². The monoisotopic (exact) mass is 430 g/mol. The zero-order valence-corrected chi connectivity index (χ0v) is 19.8. The van der Waals surface area contributed by atoms with Crippen LogP contribution in [0.2, 0.25) is 0 Å². The number of rotatable bonds is 12. The molecule has 1 saturated heterocycles. The van der Waals surface area contributed by atoms with Gasteiger partial charge in [0.25, 0.3) is 0 Å². The second-order valence-electron chi connectivity index (χ2n) is 8.37. The zero-order valence-electron chi connectivity index (χ0n) is 18.9. The van der Waals surface area contributed by atoms with E-state index >= 15 is 0 Å². The summed E-state index contributed by atoms with van der Waals surface area (Å²) in [5.74, 6) is 3.20. The van der Waals surface area contributed by atoms with Crippen molar-refractivity contribution in [2.45, 2.75) is 19.3 Å². The van der Waals surface area contributed by atoms with Gasteiger partial charge in [0, 0.05) is 51.1 Å². The molecule has 0 saturated carbocycles. The lowest BCUT2D eigenvalue weighted by Gasteiger charge is -2.34. The van der Waals surface area contributed by atoms with Gasteiger partial charge >= 0.3 is 0 Å². The molecule has 166 valence electrons. The summed E-state index contributed by atoms with van der Waals surface area (Å²) in [6, 6.07) is 8.34. The molecule has 0 unspecified atom stereocenters. The smallest absolute Gasteiger partial charge is 0.137 e. The summed E-state index contributed by atoms with van der Waals surface area (Å²) in [6.45, 7) is 8.97. The average Bonchev–Trinajstić information content (AvgIpc) is 2.76. The van der Waals surface area contributed by atoms with Gasteiger partial charge in [0.1, 0.15) is 11.6 Å². The Labute approximate surface area is 186 Å². The van der Waals surface area contributed by atoms with Crippen molar-refractivity contribution in [3.63, 3.8) is 0 Å². The maximum absolute atomic E-state index is 4.89. The summed E-state index contributed by atoms with van der Waals surface area (Å²) in [4.78, 5) is 17.1. The summed E-state index contributed by atoms with van der Waals surface area (Å²) in [6.07, 6.45) is 5.50. The Kier molecular flexibility index (Phi) is 9.65. The van der Waals surface area contributed by atoms with Crippen molar-refractivity contribution >= 4 is 28.5 Å². The highest BCUT2D eigenvalue weighted by atomic mass is 32.2. The van der Waals surface area contributed by atoms with E-state index in [4.69, 9.17) is 9.97 Å². The SMILES string of the molecule is CSCCCN1CCN(CCc2nc(NCCCN(C)C)c3ccccc3n2)CC1. The first-order chi connectivity index (χ1) is 14.7. The Morgan fingerprint density at radius 1 is 1.00 bits per heavy atom. The fourth-order valence-corrected chi connectivity index (χ4v) is 4.32. The maximum atomic E-state index is 4.89. The summed E-state index contributed by atoms with van der Waals surface area (Å²) >= 11 is 1.95. The molecule has 0 spiro atoms. The second kappa shape index (κ2) is 12.4. The molecule has 0 aliphatic carbocycles. The lowest BCUT2D eigenvalue weighted by molar-refractivity contribution is 0.133. The first kappa shape index (κ1) is 23.3. The van der Waals surface area contributed by atoms with Gasteiger partial charge in [-0.2, -0.15) is 11.8 Å². The zero-order chi connectivity index (χ0) is 21.2. The highest BCUT2D eigenvalue weighted by Gasteiger charge is 2.17. The molecule has 1 N–H and O–H groups in total. The number of nitrogens with zero attached hydrogens (tertiary/aromatic N) is 5. The number of anilines is 1. The molecule has 1 aromatic heterocycles. The van der Waals surface area contributed by atoms with E-state index in [1.54, 1.807) is 0 Å². The Morgan fingerprint density at radius 2 is 1.73 bits per heavy atom. The van der Waals surface area contributed by atoms with Crippen LogP contribution in [-0.4, -0.2) is 103 Å². The molecular formula is C23H38N6S. The molecule has 1 fully saturated rings. The van der Waals surface area contributed by atoms with Gasteiger partial charge in [-0.15, -0.1) is 0 Å². The van der Waals surface area contributed by atoms with Gasteiger partial charge in [-0.05, 0) is 64.2 Å². The number of fused-ring (bicyclic) bond motifs is 1. The average molecular weight is 431 g/mol. The standard InChI is InChI=1S/C23H38N6S/c1-27(2)12-6-11-24-23-20-8-4-5-9-21(20)25-22(26-23)10-14-29-17-15-28(16-18-29)13-7-19-30-3/h4-5,8-9H,6-7,10-19H2,1-3H3,(H,24,25,26). The molecule has 0 bridgehead atoms. The molecule has 1 aliphatic heterocycles. The molecule has 6 nitrogen and oxygen atoms in total. The molecule has 2 aromatic rings. The second-order valence-corrected chi connectivity index (χ2v) is 9.35. The molecule has 3 rings (SSSR count). The van der Waals surface area contributed by atoms with E-state index in [1.807, 2.05) is 11.8 Å². The first-order valence-corrected chi connectivity index (χ1v) is 12.6. The molecule has 1 aromatic carbocycles. The van der Waals surface area contributed by atoms with Crippen molar-refractivity contribution in [2.75, 3.05) is 83.8 Å². The minimum absolute atomic E-state index is 0.906. The van der Waals surface area contributed by atoms with E-state index in [1.165, 1.54) is 31.8 Å². The molecule has 0 radical (unpaired) electrons. The highest BCUT2D eigenvalue weighted by Crippen LogP contribution is 2.20. The third kappa shape index (κ3) is 7.38. The summed E-state index contributed by atoms with van der Waals surface area (Å²) in [7, 11) is 4.23. The van der Waals surface area contributed by atoms with Gasteiger partial charge in [0.2, 0.25) is 0 Å². The minimum Gasteiger partial charge on any atom is -0.369 e. The number of hydrogen-bond acceptors (Lipinski definition) is 7. The van der Waals surface area contributed by atoms with E-state index in [-0.39, 0.29) is 0 Å². The maximum Gasteiger partial charge on any atom is 0.137 e. The third-order valence-electron chi connectivity index (χ3n) is 5.66. The van der Waals surface area contributed by atoms with Crippen LogP contribution in [-0.2, 0) is 6.42 Å². The summed E-state index contributed by atoms with van der Waals surface area (Å²) in [5, 5.41) is 4.67. The number of hydrogen-bond donors (Lipinski definition) is 1. The Hall–Kier alpha value is -1.41. The Bertz CT molecular complexity index is 760. The van der Waals surface area contributed by atoms with Crippen LogP contribution in [0.5, 0.6) is 0 Å². The van der Waals surface area contributed by atoms with Gasteiger partial charge < -0.3 is 20.0 Å². The number of aromatic nitrogens is 2. The molecule has 0 amide bonds. The van der Waals surface area contributed by atoms with Crippen molar-refractivity contribution in [1.29, 1.82) is 0 Å². The number of piperazine rings is 1. The van der Waals surface area contributed by atoms with E-state index in [2.05, 4.69) is 64.6 Å². The minimum atomic E-state index is 0.906. The van der Waals surface area contributed by atoms with Crippen LogP contribution in [0.4, 0.5) is 5.82 Å². The van der Waals surface area contributed by atoms with Gasteiger partial charge in [-0.25, -0.2) is 9.97 Å². The van der Waals surface area contributed by atoms with Gasteiger partial charge in [0.05, 0.1) is 5.52 Å². The van der Waals surface area contributed by atoms with Gasteiger partial charge in [0.15, 0.2) is 0 Å². The largest absolute Gasteiger partial charge is 0.369 e. The first-order valence-electron chi connectivity index (χ1n) is 11.2. The molecule has 0 atom stereocenters. The van der Waals surface area contributed by atoms with Crippen molar-refractivity contribution in [3.05, 3.63) is 30.1 Å². The van der Waals surface area contributed by atoms with Crippen molar-refractivity contribution < 1.29 is 0 Å². The Balaban J connectivity index is 1.53. The van der Waals surface area contributed by atoms with E-state index in [0.29, 0.717) is 0 Å². The van der Waals surface area contributed by atoms with Crippen LogP contribution in [0.25, 0.3) is 10.9 Å². The number of benzene rings is 1. The van der Waals surface area contributed by atoms with E-state index < -0.39 is 0 Å². The van der Waals surface area contributed by atoms with Crippen molar-refractivity contribution in [1.82, 2.24) is 24.7 Å². The Morgan fingerprint density at radius 3 is 2.47 bits per heavy atom. The van der Waals surface area contributed by atoms with Crippen LogP contribution in [0.1, 0.15) is 18.7 Å². The predicted octanol–water partition coefficient (Wildman–Crippen LogP) is 2.91. The number of nitrogens with one attached hydrogen (secondary N) is 1. The van der Waals surface area contributed by atoms with Crippen LogP contribution >= 0.6 is 11.8 Å². The quantitative estimate of drug-likeness (QED) is 0.520. The highest BCUT2D eigenvalue weighted by molar-refractivity contribution is 7.98. The van der Waals surface area contributed by atoms with E-state index in [0.717, 1.165) is 68.1 Å². The van der Waals surface area contributed by atoms with Crippen molar-refractivity contribution in [2.24, 2.45) is 0 Å². The van der Waals surface area contributed by atoms with Crippen LogP contribution in [0, 0.1) is 0 Å². The predicted molar refractivity (Wildman–Crippen MR) is 131 cm³/mol. The fraction of sp³-hybridized carbons (Fsp3) is 0.652. The third-order valence-corrected chi connectivity index (χ3v) is 6.36. The molecular weight excluding hydrogens is 392 g/mol.